The molecule has 0 bridgehead atoms. The van der Waals surface area contributed by atoms with Gasteiger partial charge in [0.1, 0.15) is 0 Å². The van der Waals surface area contributed by atoms with Gasteiger partial charge < -0.3 is 4.90 Å². The second-order valence-corrected chi connectivity index (χ2v) is 2.85. The van der Waals surface area contributed by atoms with Crippen LogP contribution in [0.15, 0.2) is 0 Å². The maximum Gasteiger partial charge on any atom is 0.0984 e. The van der Waals surface area contributed by atoms with Crippen LogP contribution >= 0.6 is 12.4 Å². The summed E-state index contributed by atoms with van der Waals surface area (Å²) >= 11 is 0. The van der Waals surface area contributed by atoms with Crippen LogP contribution in [0.3, 0.4) is 0 Å². The highest BCUT2D eigenvalue weighted by atomic mass is 35.5. The molecule has 2 nitrogen and oxygen atoms in total. The number of nitrogens with zero attached hydrogens (tertiary/aromatic N) is 1. The van der Waals surface area contributed by atoms with E-state index in [2.05, 4.69) is 6.92 Å². The Morgan fingerprint density at radius 3 is 2.60 bits per heavy atom. The molecule has 1 atom stereocenters. The van der Waals surface area contributed by atoms with Crippen LogP contribution in [0.4, 0.5) is 0 Å². The van der Waals surface area contributed by atoms with Gasteiger partial charge in [-0.15, -0.1) is 12.4 Å². The van der Waals surface area contributed by atoms with Gasteiger partial charge >= 0.3 is 0 Å². The summed E-state index contributed by atoms with van der Waals surface area (Å²) in [5, 5.41) is 7.53. The van der Waals surface area contributed by atoms with Crippen LogP contribution in [-0.2, 0) is 0 Å². The van der Waals surface area contributed by atoms with E-state index in [1.807, 2.05) is 11.9 Å². The molecule has 3 heteroatoms. The molecule has 1 aliphatic heterocycles. The van der Waals surface area contributed by atoms with Gasteiger partial charge in [-0.3, -0.25) is 5.41 Å². The summed E-state index contributed by atoms with van der Waals surface area (Å²) in [5.41, 5.74) is 0. The first-order chi connectivity index (χ1) is 4.22. The first kappa shape index (κ1) is 9.76. The SMILES string of the molecule is C[C@@H]1CCCN(C)C1=N.Cl. The lowest BCUT2D eigenvalue weighted by molar-refractivity contribution is 0.385. The van der Waals surface area contributed by atoms with E-state index < -0.39 is 0 Å². The van der Waals surface area contributed by atoms with Gasteiger partial charge in [0.25, 0.3) is 0 Å². The smallest absolute Gasteiger partial charge is 0.0984 e. The highest BCUT2D eigenvalue weighted by Gasteiger charge is 2.17. The molecule has 60 valence electrons. The topological polar surface area (TPSA) is 27.1 Å². The number of nitrogens with one attached hydrogen (secondary N) is 1. The van der Waals surface area contributed by atoms with Crippen LogP contribution in [0.25, 0.3) is 0 Å². The van der Waals surface area contributed by atoms with Crippen molar-refractivity contribution < 1.29 is 0 Å². The van der Waals surface area contributed by atoms with E-state index in [0.717, 1.165) is 12.4 Å². The molecule has 0 aliphatic carbocycles. The number of amidine groups is 1. The van der Waals surface area contributed by atoms with Crippen molar-refractivity contribution in [3.63, 3.8) is 0 Å². The summed E-state index contributed by atoms with van der Waals surface area (Å²) < 4.78 is 0. The second-order valence-electron chi connectivity index (χ2n) is 2.85. The van der Waals surface area contributed by atoms with Gasteiger partial charge in [0, 0.05) is 19.5 Å². The van der Waals surface area contributed by atoms with Crippen molar-refractivity contribution in [2.75, 3.05) is 13.6 Å². The molecule has 0 aromatic heterocycles. The fourth-order valence-corrected chi connectivity index (χ4v) is 1.27. The van der Waals surface area contributed by atoms with Crippen molar-refractivity contribution in [3.05, 3.63) is 0 Å². The second kappa shape index (κ2) is 3.81. The van der Waals surface area contributed by atoms with Crippen LogP contribution < -0.4 is 0 Å². The molecule has 0 spiro atoms. The Morgan fingerprint density at radius 2 is 2.20 bits per heavy atom. The highest BCUT2D eigenvalue weighted by molar-refractivity contribution is 5.85. The van der Waals surface area contributed by atoms with Crippen LogP contribution in [0, 0.1) is 11.3 Å². The Balaban J connectivity index is 0.000000810. The molecule has 0 radical (unpaired) electrons. The number of likely N-dealkylation sites (tertiary alicyclic amines) is 1. The van der Waals surface area contributed by atoms with Gasteiger partial charge in [-0.05, 0) is 12.8 Å². The zero-order chi connectivity index (χ0) is 6.85. The monoisotopic (exact) mass is 162 g/mol. The largest absolute Gasteiger partial charge is 0.363 e. The number of hydrogen-bond acceptors (Lipinski definition) is 1. The highest BCUT2D eigenvalue weighted by Crippen LogP contribution is 2.15. The Labute approximate surface area is 68.5 Å². The number of halogens is 1. The summed E-state index contributed by atoms with van der Waals surface area (Å²) in [6, 6.07) is 0. The maximum absolute atomic E-state index is 7.53. The Kier molecular flexibility index (Phi) is 3.72. The van der Waals surface area contributed by atoms with Gasteiger partial charge in [0.15, 0.2) is 0 Å². The molecular weight excluding hydrogens is 148 g/mol. The summed E-state index contributed by atoms with van der Waals surface area (Å²) in [5.74, 6) is 1.30. The van der Waals surface area contributed by atoms with Gasteiger partial charge in [0.2, 0.25) is 0 Å². The number of rotatable bonds is 0. The lowest BCUT2D eigenvalue weighted by Crippen LogP contribution is -2.36. The molecule has 1 heterocycles. The molecule has 0 amide bonds. The average molecular weight is 163 g/mol. The van der Waals surface area contributed by atoms with E-state index in [4.69, 9.17) is 5.41 Å². The zero-order valence-electron chi connectivity index (χ0n) is 6.55. The molecular formula is C7H15ClN2. The molecule has 1 saturated heterocycles. The van der Waals surface area contributed by atoms with Gasteiger partial charge in [-0.1, -0.05) is 6.92 Å². The minimum Gasteiger partial charge on any atom is -0.363 e. The van der Waals surface area contributed by atoms with Crippen LogP contribution in [0.1, 0.15) is 19.8 Å². The molecule has 1 fully saturated rings. The van der Waals surface area contributed by atoms with Crippen molar-refractivity contribution in [2.45, 2.75) is 19.8 Å². The lowest BCUT2D eigenvalue weighted by Gasteiger charge is -2.29. The van der Waals surface area contributed by atoms with Crippen molar-refractivity contribution in [2.24, 2.45) is 5.92 Å². The minimum absolute atomic E-state index is 0. The van der Waals surface area contributed by atoms with Crippen molar-refractivity contribution >= 4 is 18.2 Å². The molecule has 0 saturated carbocycles. The van der Waals surface area contributed by atoms with Crippen molar-refractivity contribution in [1.82, 2.24) is 4.90 Å². The minimum atomic E-state index is 0. The van der Waals surface area contributed by atoms with E-state index in [9.17, 15) is 0 Å². The zero-order valence-corrected chi connectivity index (χ0v) is 7.37. The van der Waals surface area contributed by atoms with Crippen LogP contribution in [0.2, 0.25) is 0 Å². The van der Waals surface area contributed by atoms with E-state index >= 15 is 0 Å². The fraction of sp³-hybridized carbons (Fsp3) is 0.857. The predicted octanol–water partition coefficient (Wildman–Crippen LogP) is 1.75. The molecule has 1 aliphatic rings. The van der Waals surface area contributed by atoms with Gasteiger partial charge in [0.05, 0.1) is 5.84 Å². The van der Waals surface area contributed by atoms with E-state index in [1.165, 1.54) is 12.8 Å². The number of piperidine rings is 1. The van der Waals surface area contributed by atoms with E-state index in [-0.39, 0.29) is 12.4 Å². The molecule has 10 heavy (non-hydrogen) atoms. The summed E-state index contributed by atoms with van der Waals surface area (Å²) in [6.45, 7) is 3.20. The normalized spacial score (nSPS) is 26.0. The van der Waals surface area contributed by atoms with Crippen molar-refractivity contribution in [3.8, 4) is 0 Å². The first-order valence-corrected chi connectivity index (χ1v) is 3.51. The molecule has 1 N–H and O–H groups in total. The third-order valence-corrected chi connectivity index (χ3v) is 2.01. The van der Waals surface area contributed by atoms with Crippen LogP contribution in [0.5, 0.6) is 0 Å². The van der Waals surface area contributed by atoms with Gasteiger partial charge in [-0.25, -0.2) is 0 Å². The third kappa shape index (κ3) is 1.87. The summed E-state index contributed by atoms with van der Waals surface area (Å²) in [6.07, 6.45) is 2.45. The molecule has 0 aromatic rings. The Bertz CT molecular complexity index is 113. The lowest BCUT2D eigenvalue weighted by atomic mass is 9.99. The number of hydrogen-bond donors (Lipinski definition) is 1. The molecule has 1 rings (SSSR count). The van der Waals surface area contributed by atoms with Gasteiger partial charge in [-0.2, -0.15) is 0 Å². The van der Waals surface area contributed by atoms with Crippen molar-refractivity contribution in [1.29, 1.82) is 5.41 Å². The summed E-state index contributed by atoms with van der Waals surface area (Å²) in [4.78, 5) is 2.04. The quantitative estimate of drug-likeness (QED) is 0.578. The third-order valence-electron chi connectivity index (χ3n) is 2.01. The van der Waals surface area contributed by atoms with Crippen LogP contribution in [-0.4, -0.2) is 24.3 Å². The standard InChI is InChI=1S/C7H14N2.ClH/c1-6-4-3-5-9(2)7(6)8;/h6,8H,3-5H2,1-2H3;1H/t6-;/m1./s1. The maximum atomic E-state index is 7.53. The van der Waals surface area contributed by atoms with E-state index in [0.29, 0.717) is 5.92 Å². The van der Waals surface area contributed by atoms with E-state index in [1.54, 1.807) is 0 Å². The molecule has 0 unspecified atom stereocenters. The Morgan fingerprint density at radius 1 is 1.60 bits per heavy atom. The molecule has 0 aromatic carbocycles. The predicted molar refractivity (Wildman–Crippen MR) is 46.0 cm³/mol. The summed E-state index contributed by atoms with van der Waals surface area (Å²) in [7, 11) is 2.00. The fourth-order valence-electron chi connectivity index (χ4n) is 1.27. The average Bonchev–Trinajstić information content (AvgIpc) is 1.83. The first-order valence-electron chi connectivity index (χ1n) is 3.51. The Hall–Kier alpha value is -0.240.